The van der Waals surface area contributed by atoms with Crippen LogP contribution in [0.1, 0.15) is 0 Å². The van der Waals surface area contributed by atoms with Crippen LogP contribution >= 0.6 is 0 Å². The van der Waals surface area contributed by atoms with Crippen LogP contribution in [-0.2, 0) is 49.7 Å². The van der Waals surface area contributed by atoms with Gasteiger partial charge in [-0.2, -0.15) is 0 Å². The maximum Gasteiger partial charge on any atom is 2.00 e. The smallest absolute Gasteiger partial charge is 2.00 e. The molecule has 0 fully saturated rings. The van der Waals surface area contributed by atoms with E-state index < -0.39 is 0 Å². The molecule has 0 spiro atoms. The van der Waals surface area contributed by atoms with Crippen molar-refractivity contribution in [3.05, 3.63) is 0 Å². The van der Waals surface area contributed by atoms with Gasteiger partial charge < -0.3 is 11.0 Å². The van der Waals surface area contributed by atoms with Crippen molar-refractivity contribution in [2.24, 2.45) is 0 Å². The van der Waals surface area contributed by atoms with Crippen LogP contribution < -0.4 is 0 Å². The summed E-state index contributed by atoms with van der Waals surface area (Å²) in [5.74, 6) is 0. The summed E-state index contributed by atoms with van der Waals surface area (Å²) < 4.78 is 0. The van der Waals surface area contributed by atoms with Gasteiger partial charge in [-0.05, 0) is 0 Å². The van der Waals surface area contributed by atoms with E-state index in [1.807, 2.05) is 0 Å². The fourth-order valence-electron chi connectivity index (χ4n) is 0. The Labute approximate surface area is 49.9 Å². The molecule has 0 radical (unpaired) electrons. The van der Waals surface area contributed by atoms with Gasteiger partial charge in [0, 0.05) is 0 Å². The monoisotopic (exact) mass is 136 g/mol. The third-order valence-electron chi connectivity index (χ3n) is 0. The van der Waals surface area contributed by atoms with Crippen molar-refractivity contribution in [2.45, 2.75) is 0 Å². The molecule has 4 heteroatoms. The maximum absolute atomic E-state index is 0. The van der Waals surface area contributed by atoms with Crippen molar-refractivity contribution < 1.29 is 49.7 Å². The Balaban J connectivity index is 0. The average Bonchev–Trinajstić information content (AvgIpc) is 0. The molecule has 0 aliphatic rings. The van der Waals surface area contributed by atoms with E-state index in [1.54, 1.807) is 0 Å². The van der Waals surface area contributed by atoms with E-state index in [2.05, 4.69) is 0 Å². The van der Waals surface area contributed by atoms with Crippen molar-refractivity contribution in [3.63, 3.8) is 0 Å². The van der Waals surface area contributed by atoms with E-state index in [4.69, 9.17) is 0 Å². The fraction of sp³-hybridized carbons (Fsp3) is 0. The molecule has 24 valence electrons. The van der Waals surface area contributed by atoms with Gasteiger partial charge in [0.25, 0.3) is 0 Å². The molecule has 0 heterocycles. The molecule has 0 aromatic rings. The third-order valence-corrected chi connectivity index (χ3v) is 0. The fourth-order valence-corrected chi connectivity index (χ4v) is 0. The van der Waals surface area contributed by atoms with Crippen LogP contribution in [0.5, 0.6) is 0 Å². The summed E-state index contributed by atoms with van der Waals surface area (Å²) in [6.45, 7) is 0. The Hall–Kier alpha value is 1.15. The summed E-state index contributed by atoms with van der Waals surface area (Å²) in [5.41, 5.74) is 0. The average molecular weight is 136 g/mol. The van der Waals surface area contributed by atoms with Crippen LogP contribution in [0.3, 0.4) is 0 Å². The standard InChI is InChI=1S/Fe.2O.Ti/q+2;2*-2;+2. The van der Waals surface area contributed by atoms with E-state index in [0.717, 1.165) is 0 Å². The largest absolute Gasteiger partial charge is 2.00 e. The Kier molecular flexibility index (Phi) is 518. The minimum atomic E-state index is 0. The Bertz CT molecular complexity index is 6.00. The van der Waals surface area contributed by atoms with Crippen molar-refractivity contribution in [3.8, 4) is 0 Å². The van der Waals surface area contributed by atoms with Gasteiger partial charge in [0.05, 0.1) is 0 Å². The summed E-state index contributed by atoms with van der Waals surface area (Å²) in [6.07, 6.45) is 0. The second-order valence-electron chi connectivity index (χ2n) is 0. The predicted molar refractivity (Wildman–Crippen MR) is 1.37 cm³/mol. The molecule has 0 saturated carbocycles. The zero-order chi connectivity index (χ0) is 0. The second-order valence-corrected chi connectivity index (χ2v) is 0. The van der Waals surface area contributed by atoms with Gasteiger partial charge in [-0.1, -0.05) is 0 Å². The van der Waals surface area contributed by atoms with Crippen LogP contribution in [-0.4, -0.2) is 0 Å². The van der Waals surface area contributed by atoms with E-state index >= 15 is 0 Å². The predicted octanol–water partition coefficient (Wildman–Crippen LogP) is -0.243. The summed E-state index contributed by atoms with van der Waals surface area (Å²) in [5, 5.41) is 0. The van der Waals surface area contributed by atoms with E-state index in [-0.39, 0.29) is 49.7 Å². The maximum atomic E-state index is 0. The Morgan fingerprint density at radius 1 is 0.750 bits per heavy atom. The molecule has 0 aromatic carbocycles. The molecule has 0 unspecified atom stereocenters. The molecule has 2 nitrogen and oxygen atoms in total. The van der Waals surface area contributed by atoms with E-state index in [9.17, 15) is 0 Å². The van der Waals surface area contributed by atoms with Crippen LogP contribution in [0.15, 0.2) is 0 Å². The van der Waals surface area contributed by atoms with Gasteiger partial charge in [0.15, 0.2) is 0 Å². The third kappa shape index (κ3) is 11.0. The Morgan fingerprint density at radius 2 is 0.750 bits per heavy atom. The summed E-state index contributed by atoms with van der Waals surface area (Å²) in [6, 6.07) is 0. The molecule has 0 bridgehead atoms. The SMILES string of the molecule is [Fe+2].[O-2].[O-2].[Ti+2]. The molecule has 0 aliphatic heterocycles. The first-order valence-corrected chi connectivity index (χ1v) is 0. The van der Waals surface area contributed by atoms with Crippen LogP contribution in [0.4, 0.5) is 0 Å². The minimum Gasteiger partial charge on any atom is -2.00 e. The molecule has 0 aromatic heterocycles. The number of hydrogen-bond acceptors (Lipinski definition) is 0. The zero-order valence-electron chi connectivity index (χ0n) is 1.67. The minimum absolute atomic E-state index is 0. The topological polar surface area (TPSA) is 57.0 Å². The van der Waals surface area contributed by atoms with Gasteiger partial charge in [-0.25, -0.2) is 0 Å². The van der Waals surface area contributed by atoms with E-state index in [1.165, 1.54) is 0 Å². The summed E-state index contributed by atoms with van der Waals surface area (Å²) in [7, 11) is 0. The molecule has 0 saturated heterocycles. The van der Waals surface area contributed by atoms with Crippen molar-refractivity contribution >= 4 is 0 Å². The van der Waals surface area contributed by atoms with Gasteiger partial charge in [-0.3, -0.25) is 0 Å². The normalized spacial score (nSPS) is 0. The molecule has 0 atom stereocenters. The first-order chi connectivity index (χ1) is 0. The van der Waals surface area contributed by atoms with E-state index in [0.29, 0.717) is 0 Å². The molecular formula is FeO2Ti. The molecule has 0 amide bonds. The van der Waals surface area contributed by atoms with Crippen molar-refractivity contribution in [1.82, 2.24) is 0 Å². The number of hydrogen-bond donors (Lipinski definition) is 0. The first kappa shape index (κ1) is 66.8. The second kappa shape index (κ2) is 31.0. The summed E-state index contributed by atoms with van der Waals surface area (Å²) in [4.78, 5) is 0. The summed E-state index contributed by atoms with van der Waals surface area (Å²) >= 11 is 0. The van der Waals surface area contributed by atoms with Gasteiger partial charge >= 0.3 is 38.8 Å². The molecule has 4 heavy (non-hydrogen) atoms. The van der Waals surface area contributed by atoms with Gasteiger partial charge in [0.2, 0.25) is 0 Å². The van der Waals surface area contributed by atoms with Gasteiger partial charge in [-0.15, -0.1) is 0 Å². The van der Waals surface area contributed by atoms with Crippen LogP contribution in [0.25, 0.3) is 0 Å². The number of rotatable bonds is 0. The van der Waals surface area contributed by atoms with Crippen molar-refractivity contribution in [2.75, 3.05) is 0 Å². The first-order valence-electron chi connectivity index (χ1n) is 0. The van der Waals surface area contributed by atoms with Gasteiger partial charge in [0.1, 0.15) is 0 Å². The van der Waals surface area contributed by atoms with Crippen LogP contribution in [0, 0.1) is 0 Å². The molecular weight excluding hydrogens is 136 g/mol. The molecule has 0 aliphatic carbocycles. The quantitative estimate of drug-likeness (QED) is 0.412. The van der Waals surface area contributed by atoms with Crippen LogP contribution in [0.2, 0.25) is 0 Å². The molecule has 0 rings (SSSR count). The van der Waals surface area contributed by atoms with Crippen molar-refractivity contribution in [1.29, 1.82) is 0 Å². The Morgan fingerprint density at radius 3 is 0.750 bits per heavy atom. The molecule has 0 N–H and O–H groups in total. The zero-order valence-corrected chi connectivity index (χ0v) is 4.34.